The predicted molar refractivity (Wildman–Crippen MR) is 97.7 cm³/mol. The minimum atomic E-state index is -1.31. The van der Waals surface area contributed by atoms with Crippen molar-refractivity contribution in [3.63, 3.8) is 0 Å². The molecule has 9 heteroatoms. The van der Waals surface area contributed by atoms with E-state index in [1.54, 1.807) is 13.0 Å². The van der Waals surface area contributed by atoms with E-state index in [4.69, 9.17) is 24.1 Å². The van der Waals surface area contributed by atoms with E-state index in [2.05, 4.69) is 0 Å². The molecule has 0 saturated carbocycles. The summed E-state index contributed by atoms with van der Waals surface area (Å²) in [6, 6.07) is 3.16. The van der Waals surface area contributed by atoms with Crippen LogP contribution in [-0.4, -0.2) is 42.0 Å². The molecule has 1 N–H and O–H groups in total. The van der Waals surface area contributed by atoms with Gasteiger partial charge in [-0.25, -0.2) is 14.4 Å². The Kier molecular flexibility index (Phi) is 6.11. The van der Waals surface area contributed by atoms with E-state index in [1.165, 1.54) is 26.0 Å². The van der Waals surface area contributed by atoms with Gasteiger partial charge in [-0.05, 0) is 53.3 Å². The van der Waals surface area contributed by atoms with Gasteiger partial charge < -0.3 is 24.1 Å². The first kappa shape index (κ1) is 20.0. The van der Waals surface area contributed by atoms with Gasteiger partial charge in [-0.15, -0.1) is 0 Å². The molecule has 1 aromatic carbocycles. The molecule has 140 valence electrons. The third-order valence-corrected chi connectivity index (χ3v) is 3.90. The van der Waals surface area contributed by atoms with Crippen LogP contribution in [-0.2, 0) is 23.9 Å². The number of carbonyl (C=O) groups is 3. The van der Waals surface area contributed by atoms with Crippen molar-refractivity contribution in [2.24, 2.45) is 0 Å². The minimum absolute atomic E-state index is 0.248. The van der Waals surface area contributed by atoms with Crippen molar-refractivity contribution in [1.82, 2.24) is 0 Å². The zero-order chi connectivity index (χ0) is 19.5. The van der Waals surface area contributed by atoms with Crippen molar-refractivity contribution in [1.29, 1.82) is 0 Å². The molecule has 0 aromatic heterocycles. The molecule has 1 saturated heterocycles. The van der Waals surface area contributed by atoms with Crippen LogP contribution in [0.3, 0.4) is 0 Å². The van der Waals surface area contributed by atoms with Crippen molar-refractivity contribution in [2.75, 3.05) is 13.2 Å². The topological polar surface area (TPSA) is 108 Å². The quantitative estimate of drug-likeness (QED) is 0.289. The highest BCUT2D eigenvalue weighted by atomic mass is 127. The maximum Gasteiger partial charge on any atom is 0.348 e. The normalized spacial score (nSPS) is 15.8. The molecule has 1 fully saturated rings. The van der Waals surface area contributed by atoms with Gasteiger partial charge in [0.05, 0.1) is 10.2 Å². The lowest BCUT2D eigenvalue weighted by molar-refractivity contribution is -0.222. The number of ether oxygens (including phenoxy) is 4. The lowest BCUT2D eigenvalue weighted by Crippen LogP contribution is -2.41. The summed E-state index contributed by atoms with van der Waals surface area (Å²) in [5.74, 6) is -3.44. The van der Waals surface area contributed by atoms with E-state index in [0.29, 0.717) is 21.5 Å². The molecule has 1 heterocycles. The third kappa shape index (κ3) is 4.87. The Morgan fingerprint density at radius 3 is 2.38 bits per heavy atom. The summed E-state index contributed by atoms with van der Waals surface area (Å²) < 4.78 is 21.4. The number of cyclic esters (lactones) is 2. The van der Waals surface area contributed by atoms with E-state index in [1.807, 2.05) is 22.6 Å². The highest BCUT2D eigenvalue weighted by Gasteiger charge is 2.38. The van der Waals surface area contributed by atoms with Crippen molar-refractivity contribution < 1.29 is 38.4 Å². The second-order valence-corrected chi connectivity index (χ2v) is 6.84. The molecule has 1 aliphatic rings. The zero-order valence-electron chi connectivity index (χ0n) is 14.3. The molecule has 0 radical (unpaired) electrons. The molecular weight excluding hydrogens is 459 g/mol. The summed E-state index contributed by atoms with van der Waals surface area (Å²) in [5, 5.41) is 8.78. The fourth-order valence-corrected chi connectivity index (χ4v) is 2.93. The Morgan fingerprint density at radius 2 is 1.85 bits per heavy atom. The molecule has 0 amide bonds. The number of aliphatic carboxylic acids is 1. The van der Waals surface area contributed by atoms with E-state index in [9.17, 15) is 14.4 Å². The summed E-state index contributed by atoms with van der Waals surface area (Å²) in [7, 11) is 0. The molecule has 8 nitrogen and oxygen atoms in total. The molecule has 0 unspecified atom stereocenters. The summed E-state index contributed by atoms with van der Waals surface area (Å²) in [6.07, 6.45) is 1.32. The number of carboxylic acid groups (broad SMARTS) is 1. The van der Waals surface area contributed by atoms with Gasteiger partial charge in [0.25, 0.3) is 5.79 Å². The largest absolute Gasteiger partial charge is 0.490 e. The van der Waals surface area contributed by atoms with Crippen LogP contribution in [0.15, 0.2) is 17.7 Å². The number of carboxylic acids is 1. The van der Waals surface area contributed by atoms with Gasteiger partial charge in [0.2, 0.25) is 0 Å². The Balaban J connectivity index is 2.39. The SMILES string of the molecule is CCOc1cc(C=C2C(=O)OC(C)(C)OC2=O)cc(I)c1OCC(=O)O. The molecule has 0 atom stereocenters. The molecular formula is C17H17IO8. The van der Waals surface area contributed by atoms with Crippen molar-refractivity contribution in [3.8, 4) is 11.5 Å². The maximum absolute atomic E-state index is 12.1. The van der Waals surface area contributed by atoms with Crippen LogP contribution in [0.2, 0.25) is 0 Å². The number of esters is 2. The molecule has 1 aromatic rings. The van der Waals surface area contributed by atoms with Crippen LogP contribution in [0.5, 0.6) is 11.5 Å². The van der Waals surface area contributed by atoms with Crippen LogP contribution in [0.4, 0.5) is 0 Å². The summed E-state index contributed by atoms with van der Waals surface area (Å²) in [4.78, 5) is 34.8. The summed E-state index contributed by atoms with van der Waals surface area (Å²) in [5.41, 5.74) is 0.228. The number of carbonyl (C=O) groups excluding carboxylic acids is 2. The van der Waals surface area contributed by atoms with Gasteiger partial charge in [-0.2, -0.15) is 0 Å². The van der Waals surface area contributed by atoms with E-state index < -0.39 is 30.3 Å². The van der Waals surface area contributed by atoms with Gasteiger partial charge >= 0.3 is 17.9 Å². The summed E-state index contributed by atoms with van der Waals surface area (Å²) >= 11 is 1.95. The smallest absolute Gasteiger partial charge is 0.348 e. The van der Waals surface area contributed by atoms with Gasteiger partial charge in [-0.1, -0.05) is 0 Å². The van der Waals surface area contributed by atoms with Crippen LogP contribution >= 0.6 is 22.6 Å². The highest BCUT2D eigenvalue weighted by Crippen LogP contribution is 2.35. The monoisotopic (exact) mass is 476 g/mol. The van der Waals surface area contributed by atoms with E-state index >= 15 is 0 Å². The third-order valence-electron chi connectivity index (χ3n) is 3.10. The van der Waals surface area contributed by atoms with Crippen LogP contribution in [0.25, 0.3) is 6.08 Å². The molecule has 0 aliphatic carbocycles. The highest BCUT2D eigenvalue weighted by molar-refractivity contribution is 14.1. The standard InChI is InChI=1S/C17H17IO8/c1-4-23-12-7-9(6-11(18)14(12)24-8-13(19)20)5-10-15(21)25-17(2,3)26-16(10)22/h5-7H,4,8H2,1-3H3,(H,19,20). The minimum Gasteiger partial charge on any atom is -0.490 e. The number of halogens is 1. The van der Waals surface area contributed by atoms with Crippen molar-refractivity contribution in [2.45, 2.75) is 26.6 Å². The Labute approximate surface area is 163 Å². The van der Waals surface area contributed by atoms with Crippen molar-refractivity contribution >= 4 is 46.6 Å². The number of hydrogen-bond donors (Lipinski definition) is 1. The molecule has 26 heavy (non-hydrogen) atoms. The van der Waals surface area contributed by atoms with E-state index in [0.717, 1.165) is 0 Å². The first-order valence-electron chi connectivity index (χ1n) is 7.62. The van der Waals surface area contributed by atoms with E-state index in [-0.39, 0.29) is 11.3 Å². The van der Waals surface area contributed by atoms with Gasteiger partial charge in [-0.3, -0.25) is 0 Å². The first-order chi connectivity index (χ1) is 12.1. The second-order valence-electron chi connectivity index (χ2n) is 5.68. The fourth-order valence-electron chi connectivity index (χ4n) is 2.15. The Hall–Kier alpha value is -2.30. The lowest BCUT2D eigenvalue weighted by atomic mass is 10.1. The number of rotatable bonds is 6. The van der Waals surface area contributed by atoms with Crippen molar-refractivity contribution in [3.05, 3.63) is 26.8 Å². The molecule has 0 bridgehead atoms. The number of hydrogen-bond acceptors (Lipinski definition) is 7. The number of benzene rings is 1. The maximum atomic E-state index is 12.1. The van der Waals surface area contributed by atoms with Crippen LogP contribution in [0, 0.1) is 3.57 Å². The van der Waals surface area contributed by atoms with Crippen LogP contribution in [0.1, 0.15) is 26.3 Å². The van der Waals surface area contributed by atoms with Crippen LogP contribution < -0.4 is 9.47 Å². The van der Waals surface area contributed by atoms with Gasteiger partial charge in [0, 0.05) is 13.8 Å². The molecule has 0 spiro atoms. The fraction of sp³-hybridized carbons (Fsp3) is 0.353. The predicted octanol–water partition coefficient (Wildman–Crippen LogP) is 2.37. The Bertz CT molecular complexity index is 759. The molecule has 2 rings (SSSR count). The first-order valence-corrected chi connectivity index (χ1v) is 8.70. The average Bonchev–Trinajstić information content (AvgIpc) is 2.49. The second kappa shape index (κ2) is 7.94. The zero-order valence-corrected chi connectivity index (χ0v) is 16.5. The molecule has 1 aliphatic heterocycles. The summed E-state index contributed by atoms with van der Waals surface area (Å²) in [6.45, 7) is 4.48. The lowest BCUT2D eigenvalue weighted by Gasteiger charge is -2.29. The van der Waals surface area contributed by atoms with Gasteiger partial charge in [0.15, 0.2) is 18.1 Å². The average molecular weight is 476 g/mol. The Morgan fingerprint density at radius 1 is 1.23 bits per heavy atom. The van der Waals surface area contributed by atoms with Gasteiger partial charge in [0.1, 0.15) is 5.57 Å².